The van der Waals surface area contributed by atoms with E-state index in [1.165, 1.54) is 17.5 Å². The fourth-order valence-electron chi connectivity index (χ4n) is 3.49. The second-order valence-corrected chi connectivity index (χ2v) is 6.52. The third kappa shape index (κ3) is 3.02. The summed E-state index contributed by atoms with van der Waals surface area (Å²) in [6.45, 7) is 5.40. The Morgan fingerprint density at radius 1 is 1.13 bits per heavy atom. The molecule has 1 aliphatic rings. The van der Waals surface area contributed by atoms with E-state index in [0.29, 0.717) is 5.92 Å². The summed E-state index contributed by atoms with van der Waals surface area (Å²) in [5.74, 6) is 1.31. The van der Waals surface area contributed by atoms with Crippen LogP contribution < -0.4 is 0 Å². The number of benzene rings is 2. The molecule has 4 rings (SSSR count). The van der Waals surface area contributed by atoms with Gasteiger partial charge in [0.2, 0.25) is 0 Å². The van der Waals surface area contributed by atoms with E-state index in [9.17, 15) is 0 Å². The number of likely N-dealkylation sites (tertiary alicyclic amines) is 1. The van der Waals surface area contributed by atoms with Crippen LogP contribution in [-0.4, -0.2) is 23.0 Å². The average Bonchev–Trinajstić information content (AvgIpc) is 3.01. The van der Waals surface area contributed by atoms with Crippen molar-refractivity contribution in [2.75, 3.05) is 13.1 Å². The second-order valence-electron chi connectivity index (χ2n) is 6.52. The fourth-order valence-corrected chi connectivity index (χ4v) is 3.49. The van der Waals surface area contributed by atoms with Gasteiger partial charge in [-0.15, -0.1) is 0 Å². The number of aromatic nitrogens is 1. The predicted octanol–water partition coefficient (Wildman–Crippen LogP) is 4.52. The quantitative estimate of drug-likeness (QED) is 0.712. The average molecular weight is 306 g/mol. The van der Waals surface area contributed by atoms with Gasteiger partial charge in [-0.2, -0.15) is 0 Å². The lowest BCUT2D eigenvalue weighted by atomic mass is 9.97. The van der Waals surface area contributed by atoms with Gasteiger partial charge in [-0.1, -0.05) is 36.4 Å². The summed E-state index contributed by atoms with van der Waals surface area (Å²) in [5, 5.41) is 0. The fraction of sp³-hybridized carbons (Fsp3) is 0.350. The highest BCUT2D eigenvalue weighted by molar-refractivity contribution is 5.72. The van der Waals surface area contributed by atoms with Crippen molar-refractivity contribution >= 4 is 11.1 Å². The van der Waals surface area contributed by atoms with Gasteiger partial charge in [-0.25, -0.2) is 4.98 Å². The molecule has 2 heterocycles. The van der Waals surface area contributed by atoms with Gasteiger partial charge < -0.3 is 4.42 Å². The summed E-state index contributed by atoms with van der Waals surface area (Å²) in [5.41, 5.74) is 4.67. The lowest BCUT2D eigenvalue weighted by Gasteiger charge is -2.31. The first-order valence-corrected chi connectivity index (χ1v) is 8.42. The molecule has 3 heteroatoms. The topological polar surface area (TPSA) is 29.3 Å². The van der Waals surface area contributed by atoms with E-state index in [0.717, 1.165) is 43.0 Å². The summed E-state index contributed by atoms with van der Waals surface area (Å²) in [6, 6.07) is 16.7. The van der Waals surface area contributed by atoms with Crippen LogP contribution in [0.3, 0.4) is 0 Å². The molecule has 1 aliphatic heterocycles. The smallest absolute Gasteiger partial charge is 0.199 e. The standard InChI is InChI=1S/C20H22N2O/c1-15-7-2-3-8-16(15)13-22-12-6-9-17(14-22)20-21-18-10-4-5-11-19(18)23-20/h2-5,7-8,10-11,17H,6,9,12-14H2,1H3/t17-/m1/s1. The molecule has 3 aromatic rings. The number of para-hydroxylation sites is 2. The van der Waals surface area contributed by atoms with Crippen LogP contribution in [0.1, 0.15) is 35.8 Å². The van der Waals surface area contributed by atoms with Crippen molar-refractivity contribution in [3.05, 3.63) is 65.5 Å². The van der Waals surface area contributed by atoms with Gasteiger partial charge in [0.05, 0.1) is 0 Å². The van der Waals surface area contributed by atoms with Crippen molar-refractivity contribution in [2.45, 2.75) is 32.2 Å². The minimum Gasteiger partial charge on any atom is -0.440 e. The molecular formula is C20H22N2O. The van der Waals surface area contributed by atoms with Gasteiger partial charge >= 0.3 is 0 Å². The van der Waals surface area contributed by atoms with E-state index in [-0.39, 0.29) is 0 Å². The highest BCUT2D eigenvalue weighted by atomic mass is 16.3. The number of piperidine rings is 1. The predicted molar refractivity (Wildman–Crippen MR) is 92.4 cm³/mol. The molecule has 1 aromatic heterocycles. The first kappa shape index (κ1) is 14.5. The van der Waals surface area contributed by atoms with Crippen LogP contribution in [-0.2, 0) is 6.54 Å². The van der Waals surface area contributed by atoms with E-state index < -0.39 is 0 Å². The van der Waals surface area contributed by atoms with Crippen LogP contribution in [0.25, 0.3) is 11.1 Å². The number of nitrogens with zero attached hydrogens (tertiary/aromatic N) is 2. The van der Waals surface area contributed by atoms with E-state index in [1.807, 2.05) is 24.3 Å². The van der Waals surface area contributed by atoms with Gasteiger partial charge in [0.25, 0.3) is 0 Å². The number of fused-ring (bicyclic) bond motifs is 1. The van der Waals surface area contributed by atoms with E-state index in [4.69, 9.17) is 9.40 Å². The Morgan fingerprint density at radius 3 is 2.83 bits per heavy atom. The molecule has 1 atom stereocenters. The normalized spacial score (nSPS) is 19.3. The summed E-state index contributed by atoms with van der Waals surface area (Å²) >= 11 is 0. The maximum atomic E-state index is 5.99. The molecule has 23 heavy (non-hydrogen) atoms. The number of hydrogen-bond acceptors (Lipinski definition) is 3. The Kier molecular flexibility index (Phi) is 3.88. The van der Waals surface area contributed by atoms with Crippen molar-refractivity contribution in [1.82, 2.24) is 9.88 Å². The van der Waals surface area contributed by atoms with Gasteiger partial charge in [0.1, 0.15) is 5.52 Å². The zero-order valence-electron chi connectivity index (χ0n) is 13.5. The Hall–Kier alpha value is -2.13. The molecule has 0 amide bonds. The minimum absolute atomic E-state index is 0.403. The molecule has 3 nitrogen and oxygen atoms in total. The molecule has 0 radical (unpaired) electrons. The molecule has 0 spiro atoms. The zero-order chi connectivity index (χ0) is 15.6. The largest absolute Gasteiger partial charge is 0.440 e. The lowest BCUT2D eigenvalue weighted by molar-refractivity contribution is 0.187. The molecule has 0 aliphatic carbocycles. The van der Waals surface area contributed by atoms with Crippen molar-refractivity contribution in [3.8, 4) is 0 Å². The molecule has 0 unspecified atom stereocenters. The van der Waals surface area contributed by atoms with Crippen LogP contribution >= 0.6 is 0 Å². The summed E-state index contributed by atoms with van der Waals surface area (Å²) in [7, 11) is 0. The Labute approximate surface area is 136 Å². The first-order chi connectivity index (χ1) is 11.3. The molecule has 0 N–H and O–H groups in total. The maximum Gasteiger partial charge on any atom is 0.199 e. The SMILES string of the molecule is Cc1ccccc1CN1CCC[C@@H](c2nc3ccccc3o2)C1. The van der Waals surface area contributed by atoms with E-state index >= 15 is 0 Å². The monoisotopic (exact) mass is 306 g/mol. The van der Waals surface area contributed by atoms with E-state index in [2.05, 4.69) is 36.1 Å². The summed E-state index contributed by atoms with van der Waals surface area (Å²) in [4.78, 5) is 7.24. The van der Waals surface area contributed by atoms with Crippen molar-refractivity contribution in [3.63, 3.8) is 0 Å². The molecule has 1 saturated heterocycles. The summed E-state index contributed by atoms with van der Waals surface area (Å²) in [6.07, 6.45) is 2.37. The Bertz CT molecular complexity index is 775. The van der Waals surface area contributed by atoms with Crippen LogP contribution in [0.4, 0.5) is 0 Å². The highest BCUT2D eigenvalue weighted by Crippen LogP contribution is 2.29. The number of hydrogen-bond donors (Lipinski definition) is 0. The number of oxazole rings is 1. The number of aryl methyl sites for hydroxylation is 1. The second kappa shape index (κ2) is 6.17. The van der Waals surface area contributed by atoms with Crippen LogP contribution in [0, 0.1) is 6.92 Å². The van der Waals surface area contributed by atoms with Gasteiger partial charge in [-0.05, 0) is 49.6 Å². The van der Waals surface area contributed by atoms with Gasteiger partial charge in [-0.3, -0.25) is 4.90 Å². The molecular weight excluding hydrogens is 284 g/mol. The molecule has 0 saturated carbocycles. The third-order valence-electron chi connectivity index (χ3n) is 4.82. The van der Waals surface area contributed by atoms with Crippen molar-refractivity contribution in [1.29, 1.82) is 0 Å². The molecule has 1 fully saturated rings. The van der Waals surface area contributed by atoms with E-state index in [1.54, 1.807) is 0 Å². The molecule has 2 aromatic carbocycles. The first-order valence-electron chi connectivity index (χ1n) is 8.42. The zero-order valence-corrected chi connectivity index (χ0v) is 13.5. The van der Waals surface area contributed by atoms with Crippen molar-refractivity contribution in [2.24, 2.45) is 0 Å². The maximum absolute atomic E-state index is 5.99. The third-order valence-corrected chi connectivity index (χ3v) is 4.82. The number of rotatable bonds is 3. The molecule has 118 valence electrons. The Balaban J connectivity index is 1.51. The van der Waals surface area contributed by atoms with Crippen LogP contribution in [0.5, 0.6) is 0 Å². The Morgan fingerprint density at radius 2 is 1.96 bits per heavy atom. The van der Waals surface area contributed by atoms with Gasteiger partial charge in [0.15, 0.2) is 11.5 Å². The lowest BCUT2D eigenvalue weighted by Crippen LogP contribution is -2.34. The van der Waals surface area contributed by atoms with Crippen LogP contribution in [0.2, 0.25) is 0 Å². The van der Waals surface area contributed by atoms with Crippen molar-refractivity contribution < 1.29 is 4.42 Å². The van der Waals surface area contributed by atoms with Gasteiger partial charge in [0, 0.05) is 19.0 Å². The summed E-state index contributed by atoms with van der Waals surface area (Å²) < 4.78 is 5.99. The highest BCUT2D eigenvalue weighted by Gasteiger charge is 2.25. The molecule has 0 bridgehead atoms. The minimum atomic E-state index is 0.403. The van der Waals surface area contributed by atoms with Crippen LogP contribution in [0.15, 0.2) is 52.9 Å².